The van der Waals surface area contributed by atoms with Gasteiger partial charge in [-0.3, -0.25) is 0 Å². The van der Waals surface area contributed by atoms with Crippen molar-refractivity contribution in [3.8, 4) is 11.5 Å². The second-order valence-electron chi connectivity index (χ2n) is 5.76. The Balaban J connectivity index is 1.69. The van der Waals surface area contributed by atoms with Crippen molar-refractivity contribution in [3.63, 3.8) is 0 Å². The molecule has 0 spiro atoms. The van der Waals surface area contributed by atoms with Crippen LogP contribution in [-0.4, -0.2) is 48.3 Å². The second-order valence-corrected chi connectivity index (χ2v) is 7.01. The van der Waals surface area contributed by atoms with E-state index in [0.717, 1.165) is 42.4 Å². The Morgan fingerprint density at radius 1 is 1.16 bits per heavy atom. The number of piperazine rings is 1. The molecule has 1 heterocycles. The van der Waals surface area contributed by atoms with Crippen LogP contribution in [0.1, 0.15) is 5.56 Å². The second kappa shape index (κ2) is 7.58. The highest BCUT2D eigenvalue weighted by atomic mass is 79.9. The molecule has 7 heteroatoms. The first kappa shape index (κ1) is 17.9. The molecular weight excluding hydrogens is 407 g/mol. The fourth-order valence-electron chi connectivity index (χ4n) is 2.86. The third-order valence-electron chi connectivity index (χ3n) is 4.25. The Kier molecular flexibility index (Phi) is 5.44. The average molecular weight is 425 g/mol. The number of thiocarbonyl (C=S) groups is 1. The molecule has 0 aliphatic carbocycles. The number of nitrogens with zero attached hydrogens (tertiary/aromatic N) is 2. The maximum absolute atomic E-state index is 13.1. The number of hydrogen-bond acceptors (Lipinski definition) is 4. The van der Waals surface area contributed by atoms with E-state index in [1.807, 2.05) is 0 Å². The molecule has 0 atom stereocenters. The van der Waals surface area contributed by atoms with Crippen molar-refractivity contribution >= 4 is 38.8 Å². The molecule has 0 bridgehead atoms. The van der Waals surface area contributed by atoms with E-state index in [1.54, 1.807) is 24.3 Å². The SMILES string of the molecule is COc1cc(C(=S)N2CCN(c3ccc(F)cc3)CC2)cc(Br)c1O. The predicted molar refractivity (Wildman–Crippen MR) is 104 cm³/mol. The van der Waals surface area contributed by atoms with Gasteiger partial charge in [-0.15, -0.1) is 0 Å². The molecule has 0 unspecified atom stereocenters. The van der Waals surface area contributed by atoms with Crippen molar-refractivity contribution in [2.75, 3.05) is 38.2 Å². The molecule has 1 aliphatic rings. The normalized spacial score (nSPS) is 14.5. The van der Waals surface area contributed by atoms with Crippen LogP contribution in [0.2, 0.25) is 0 Å². The minimum atomic E-state index is -0.226. The van der Waals surface area contributed by atoms with Crippen LogP contribution in [0.15, 0.2) is 40.9 Å². The summed E-state index contributed by atoms with van der Waals surface area (Å²) in [5.41, 5.74) is 1.84. The molecule has 1 saturated heterocycles. The summed E-state index contributed by atoms with van der Waals surface area (Å²) in [4.78, 5) is 5.07. The third kappa shape index (κ3) is 3.88. The summed E-state index contributed by atoms with van der Waals surface area (Å²) in [5.74, 6) is 0.224. The summed E-state index contributed by atoms with van der Waals surface area (Å²) in [5, 5.41) is 9.93. The Labute approximate surface area is 159 Å². The van der Waals surface area contributed by atoms with Crippen molar-refractivity contribution in [1.29, 1.82) is 0 Å². The van der Waals surface area contributed by atoms with Crippen LogP contribution >= 0.6 is 28.1 Å². The van der Waals surface area contributed by atoms with Crippen molar-refractivity contribution < 1.29 is 14.2 Å². The highest BCUT2D eigenvalue weighted by Crippen LogP contribution is 2.35. The number of halogens is 2. The number of ether oxygens (including phenoxy) is 1. The zero-order chi connectivity index (χ0) is 18.0. The van der Waals surface area contributed by atoms with E-state index in [0.29, 0.717) is 10.2 Å². The molecule has 25 heavy (non-hydrogen) atoms. The first-order valence-electron chi connectivity index (χ1n) is 7.86. The van der Waals surface area contributed by atoms with Gasteiger partial charge in [-0.1, -0.05) is 12.2 Å². The fraction of sp³-hybridized carbons (Fsp3) is 0.278. The lowest BCUT2D eigenvalue weighted by atomic mass is 10.1. The van der Waals surface area contributed by atoms with Crippen LogP contribution in [0.5, 0.6) is 11.5 Å². The van der Waals surface area contributed by atoms with Gasteiger partial charge in [-0.05, 0) is 52.3 Å². The van der Waals surface area contributed by atoms with E-state index in [2.05, 4.69) is 25.7 Å². The molecule has 1 N–H and O–H groups in total. The van der Waals surface area contributed by atoms with Gasteiger partial charge in [0.25, 0.3) is 0 Å². The van der Waals surface area contributed by atoms with Gasteiger partial charge in [0.2, 0.25) is 0 Å². The summed E-state index contributed by atoms with van der Waals surface area (Å²) in [7, 11) is 1.51. The van der Waals surface area contributed by atoms with Crippen molar-refractivity contribution in [2.45, 2.75) is 0 Å². The molecule has 1 aliphatic heterocycles. The van der Waals surface area contributed by atoms with Crippen molar-refractivity contribution in [2.24, 2.45) is 0 Å². The largest absolute Gasteiger partial charge is 0.503 e. The summed E-state index contributed by atoms with van der Waals surface area (Å²) in [6.07, 6.45) is 0. The number of methoxy groups -OCH3 is 1. The zero-order valence-electron chi connectivity index (χ0n) is 13.7. The summed E-state index contributed by atoms with van der Waals surface area (Å²) in [6.45, 7) is 3.17. The van der Waals surface area contributed by atoms with Gasteiger partial charge in [0, 0.05) is 37.4 Å². The van der Waals surface area contributed by atoms with E-state index in [1.165, 1.54) is 19.2 Å². The molecule has 0 amide bonds. The Hall–Kier alpha value is -1.86. The summed E-state index contributed by atoms with van der Waals surface area (Å²) in [6, 6.07) is 10.1. The van der Waals surface area contributed by atoms with Crippen LogP contribution < -0.4 is 9.64 Å². The minimum Gasteiger partial charge on any atom is -0.503 e. The van der Waals surface area contributed by atoms with E-state index in [9.17, 15) is 9.50 Å². The van der Waals surface area contributed by atoms with Crippen LogP contribution in [0.3, 0.4) is 0 Å². The predicted octanol–water partition coefficient (Wildman–Crippen LogP) is 3.80. The number of hydrogen-bond donors (Lipinski definition) is 1. The molecular formula is C18H18BrFN2O2S. The molecule has 132 valence electrons. The Bertz CT molecular complexity index is 777. The highest BCUT2D eigenvalue weighted by molar-refractivity contribution is 9.10. The molecule has 2 aromatic rings. The summed E-state index contributed by atoms with van der Waals surface area (Å²) >= 11 is 8.95. The van der Waals surface area contributed by atoms with Gasteiger partial charge in [0.05, 0.1) is 11.6 Å². The lowest BCUT2D eigenvalue weighted by Gasteiger charge is -2.37. The molecule has 4 nitrogen and oxygen atoms in total. The quantitative estimate of drug-likeness (QED) is 0.758. The highest BCUT2D eigenvalue weighted by Gasteiger charge is 2.21. The lowest BCUT2D eigenvalue weighted by Crippen LogP contribution is -2.48. The van der Waals surface area contributed by atoms with Crippen LogP contribution in [-0.2, 0) is 0 Å². The topological polar surface area (TPSA) is 35.9 Å². The lowest BCUT2D eigenvalue weighted by molar-refractivity contribution is 0.371. The molecule has 3 rings (SSSR count). The molecule has 2 aromatic carbocycles. The standard InChI is InChI=1S/C18H18BrFN2O2S/c1-24-16-11-12(10-15(19)17(16)23)18(25)22-8-6-21(7-9-22)14-4-2-13(20)3-5-14/h2-5,10-11,23H,6-9H2,1H3. The molecule has 0 saturated carbocycles. The fourth-order valence-corrected chi connectivity index (χ4v) is 3.60. The third-order valence-corrected chi connectivity index (χ3v) is 5.35. The zero-order valence-corrected chi connectivity index (χ0v) is 16.1. The van der Waals surface area contributed by atoms with E-state index in [-0.39, 0.29) is 11.6 Å². The first-order valence-corrected chi connectivity index (χ1v) is 9.06. The van der Waals surface area contributed by atoms with Crippen molar-refractivity contribution in [3.05, 3.63) is 52.3 Å². The number of anilines is 1. The van der Waals surface area contributed by atoms with Gasteiger partial charge < -0.3 is 19.6 Å². The number of rotatable bonds is 3. The maximum Gasteiger partial charge on any atom is 0.172 e. The van der Waals surface area contributed by atoms with E-state index in [4.69, 9.17) is 17.0 Å². The monoisotopic (exact) mass is 424 g/mol. The molecule has 0 radical (unpaired) electrons. The minimum absolute atomic E-state index is 0.0650. The Morgan fingerprint density at radius 2 is 1.80 bits per heavy atom. The van der Waals surface area contributed by atoms with Gasteiger partial charge in [-0.2, -0.15) is 0 Å². The van der Waals surface area contributed by atoms with E-state index >= 15 is 0 Å². The van der Waals surface area contributed by atoms with Crippen LogP contribution in [0, 0.1) is 5.82 Å². The number of aromatic hydroxyl groups is 1. The van der Waals surface area contributed by atoms with Crippen LogP contribution in [0.25, 0.3) is 0 Å². The maximum atomic E-state index is 13.1. The first-order chi connectivity index (χ1) is 12.0. The average Bonchev–Trinajstić information content (AvgIpc) is 2.64. The Morgan fingerprint density at radius 3 is 2.40 bits per heavy atom. The van der Waals surface area contributed by atoms with Crippen molar-refractivity contribution in [1.82, 2.24) is 4.90 Å². The van der Waals surface area contributed by atoms with Gasteiger partial charge >= 0.3 is 0 Å². The smallest absolute Gasteiger partial charge is 0.172 e. The summed E-state index contributed by atoms with van der Waals surface area (Å²) < 4.78 is 18.8. The molecule has 0 aromatic heterocycles. The van der Waals surface area contributed by atoms with Crippen LogP contribution in [0.4, 0.5) is 10.1 Å². The van der Waals surface area contributed by atoms with Gasteiger partial charge in [-0.25, -0.2) is 4.39 Å². The van der Waals surface area contributed by atoms with Gasteiger partial charge in [0.1, 0.15) is 10.8 Å². The number of phenolic OH excluding ortho intramolecular Hbond substituents is 1. The van der Waals surface area contributed by atoms with E-state index < -0.39 is 0 Å². The molecule has 1 fully saturated rings. The number of phenols is 1. The number of benzene rings is 2. The van der Waals surface area contributed by atoms with Gasteiger partial charge in [0.15, 0.2) is 11.5 Å².